The lowest BCUT2D eigenvalue weighted by Crippen LogP contribution is -2.09. The highest BCUT2D eigenvalue weighted by Crippen LogP contribution is 2.34. The molecule has 2 aromatic rings. The second kappa shape index (κ2) is 5.24. The van der Waals surface area contributed by atoms with Crippen LogP contribution in [0.4, 0.5) is 20.8 Å². The van der Waals surface area contributed by atoms with E-state index in [2.05, 4.69) is 5.32 Å². The van der Waals surface area contributed by atoms with Gasteiger partial charge in [-0.3, -0.25) is 5.21 Å². The highest BCUT2D eigenvalue weighted by Gasteiger charge is 2.10. The number of nitriles is 1. The van der Waals surface area contributed by atoms with Gasteiger partial charge in [-0.1, -0.05) is 0 Å². The zero-order valence-electron chi connectivity index (χ0n) is 9.85. The van der Waals surface area contributed by atoms with Crippen molar-refractivity contribution in [3.05, 3.63) is 45.7 Å². The van der Waals surface area contributed by atoms with Gasteiger partial charge in [-0.25, -0.2) is 4.39 Å². The second-order valence-corrected chi connectivity index (χ2v) is 5.03. The highest BCUT2D eigenvalue weighted by atomic mass is 32.1. The second-order valence-electron chi connectivity index (χ2n) is 3.77. The average molecular weight is 278 g/mol. The first-order chi connectivity index (χ1) is 9.01. The predicted octanol–water partition coefficient (Wildman–Crippen LogP) is 3.50. The van der Waals surface area contributed by atoms with Crippen LogP contribution in [0.1, 0.15) is 10.4 Å². The SMILES string of the molecule is Cc1cc(C#N)c(Nc2ccc(F)cc2N([O-])O)s1. The van der Waals surface area contributed by atoms with E-state index >= 15 is 0 Å². The number of thiophene rings is 1. The summed E-state index contributed by atoms with van der Waals surface area (Å²) in [7, 11) is 0. The molecule has 2 rings (SSSR count). The van der Waals surface area contributed by atoms with Crippen molar-refractivity contribution in [2.75, 3.05) is 10.5 Å². The molecule has 19 heavy (non-hydrogen) atoms. The van der Waals surface area contributed by atoms with Crippen molar-refractivity contribution >= 4 is 27.7 Å². The molecule has 5 nitrogen and oxygen atoms in total. The summed E-state index contributed by atoms with van der Waals surface area (Å²) < 4.78 is 13.0. The summed E-state index contributed by atoms with van der Waals surface area (Å²) in [6.07, 6.45) is 0. The third kappa shape index (κ3) is 2.82. The molecule has 0 aliphatic rings. The maximum absolute atomic E-state index is 13.0. The molecule has 1 heterocycles. The Kier molecular flexibility index (Phi) is 3.66. The van der Waals surface area contributed by atoms with Crippen molar-refractivity contribution in [2.24, 2.45) is 0 Å². The van der Waals surface area contributed by atoms with Gasteiger partial charge in [0.25, 0.3) is 0 Å². The smallest absolute Gasteiger partial charge is 0.125 e. The molecule has 0 fully saturated rings. The summed E-state index contributed by atoms with van der Waals surface area (Å²) in [5.41, 5.74) is 0.389. The highest BCUT2D eigenvalue weighted by molar-refractivity contribution is 7.16. The van der Waals surface area contributed by atoms with Crippen LogP contribution in [-0.2, 0) is 0 Å². The maximum atomic E-state index is 13.0. The minimum Gasteiger partial charge on any atom is -0.733 e. The predicted molar refractivity (Wildman–Crippen MR) is 71.1 cm³/mol. The Hall–Kier alpha value is -2.14. The van der Waals surface area contributed by atoms with Gasteiger partial charge in [0.1, 0.15) is 16.9 Å². The number of halogens is 1. The Morgan fingerprint density at radius 3 is 2.84 bits per heavy atom. The number of anilines is 3. The van der Waals surface area contributed by atoms with Crippen molar-refractivity contribution < 1.29 is 9.60 Å². The first kappa shape index (κ1) is 13.3. The number of hydrogen-bond acceptors (Lipinski definition) is 6. The number of aryl methyl sites for hydroxylation is 1. The van der Waals surface area contributed by atoms with Crippen molar-refractivity contribution in [1.29, 1.82) is 5.26 Å². The first-order valence-electron chi connectivity index (χ1n) is 5.24. The van der Waals surface area contributed by atoms with E-state index < -0.39 is 11.0 Å². The van der Waals surface area contributed by atoms with Gasteiger partial charge >= 0.3 is 0 Å². The quantitative estimate of drug-likeness (QED) is 0.839. The Balaban J connectivity index is 2.41. The Morgan fingerprint density at radius 1 is 1.47 bits per heavy atom. The lowest BCUT2D eigenvalue weighted by molar-refractivity contribution is 0.296. The number of hydrogen-bond donors (Lipinski definition) is 2. The molecule has 0 aliphatic carbocycles. The van der Waals surface area contributed by atoms with Gasteiger partial charge in [-0.05, 0) is 25.1 Å². The maximum Gasteiger partial charge on any atom is 0.125 e. The molecule has 0 bridgehead atoms. The Bertz CT molecular complexity index is 649. The molecule has 0 aliphatic heterocycles. The van der Waals surface area contributed by atoms with Crippen LogP contribution < -0.4 is 10.5 Å². The molecule has 1 aromatic heterocycles. The lowest BCUT2D eigenvalue weighted by Gasteiger charge is -2.24. The molecule has 1 aromatic carbocycles. The van der Waals surface area contributed by atoms with Crippen LogP contribution in [0.2, 0.25) is 0 Å². The van der Waals surface area contributed by atoms with Gasteiger partial charge in [-0.15, -0.1) is 11.3 Å². The summed E-state index contributed by atoms with van der Waals surface area (Å²) >= 11 is 1.33. The van der Waals surface area contributed by atoms with Crippen LogP contribution in [-0.4, -0.2) is 5.21 Å². The molecular formula is C12H9FN3O2S-. The van der Waals surface area contributed by atoms with Crippen LogP contribution in [0.5, 0.6) is 0 Å². The Labute approximate surface area is 112 Å². The van der Waals surface area contributed by atoms with Crippen molar-refractivity contribution in [3.63, 3.8) is 0 Å². The molecule has 0 atom stereocenters. The third-order valence-corrected chi connectivity index (χ3v) is 3.36. The normalized spacial score (nSPS) is 10.1. The van der Waals surface area contributed by atoms with Gasteiger partial charge in [-0.2, -0.15) is 5.26 Å². The van der Waals surface area contributed by atoms with Crippen LogP contribution in [0.25, 0.3) is 0 Å². The fourth-order valence-electron chi connectivity index (χ4n) is 1.58. The zero-order valence-corrected chi connectivity index (χ0v) is 10.7. The largest absolute Gasteiger partial charge is 0.733 e. The van der Waals surface area contributed by atoms with E-state index in [0.717, 1.165) is 17.0 Å². The Morgan fingerprint density at radius 2 is 2.21 bits per heavy atom. The molecule has 0 saturated carbocycles. The van der Waals surface area contributed by atoms with E-state index in [1.54, 1.807) is 6.07 Å². The van der Waals surface area contributed by atoms with Crippen molar-refractivity contribution in [3.8, 4) is 6.07 Å². The van der Waals surface area contributed by atoms with Gasteiger partial charge in [0.2, 0.25) is 0 Å². The van der Waals surface area contributed by atoms with E-state index in [4.69, 9.17) is 10.5 Å². The average Bonchev–Trinajstić information content (AvgIpc) is 2.71. The van der Waals surface area contributed by atoms with Gasteiger partial charge < -0.3 is 15.8 Å². The van der Waals surface area contributed by atoms with Crippen molar-refractivity contribution in [2.45, 2.75) is 6.92 Å². The van der Waals surface area contributed by atoms with Crippen LogP contribution in [0, 0.1) is 29.3 Å². The molecule has 0 saturated heterocycles. The van der Waals surface area contributed by atoms with Gasteiger partial charge in [0.05, 0.1) is 16.9 Å². The number of nitrogens with one attached hydrogen (secondary N) is 1. The molecule has 0 unspecified atom stereocenters. The van der Waals surface area contributed by atoms with Crippen LogP contribution >= 0.6 is 11.3 Å². The summed E-state index contributed by atoms with van der Waals surface area (Å²) in [5, 5.41) is 31.9. The van der Waals surface area contributed by atoms with Crippen LogP contribution in [0.15, 0.2) is 24.3 Å². The molecule has 2 N–H and O–H groups in total. The van der Waals surface area contributed by atoms with E-state index in [0.29, 0.717) is 10.6 Å². The monoisotopic (exact) mass is 278 g/mol. The number of benzene rings is 1. The minimum atomic E-state index is -0.640. The van der Waals surface area contributed by atoms with E-state index in [1.807, 2.05) is 13.0 Å². The fraction of sp³-hybridized carbons (Fsp3) is 0.0833. The van der Waals surface area contributed by atoms with Gasteiger partial charge in [0.15, 0.2) is 0 Å². The lowest BCUT2D eigenvalue weighted by atomic mass is 10.2. The first-order valence-corrected chi connectivity index (χ1v) is 6.06. The standard InChI is InChI=1S/C12H9FN3O2S/c1-7-4-8(6-14)12(19-7)15-10-3-2-9(13)5-11(10)16(17)18/h2-5,15,17H,1H3/q-1. The summed E-state index contributed by atoms with van der Waals surface area (Å²) in [6, 6.07) is 7.10. The minimum absolute atomic E-state index is 0.220. The molecule has 0 radical (unpaired) electrons. The molecule has 0 spiro atoms. The van der Waals surface area contributed by atoms with E-state index in [-0.39, 0.29) is 11.4 Å². The summed E-state index contributed by atoms with van der Waals surface area (Å²) in [6.45, 7) is 1.84. The van der Waals surface area contributed by atoms with E-state index in [1.165, 1.54) is 17.4 Å². The van der Waals surface area contributed by atoms with Crippen LogP contribution in [0.3, 0.4) is 0 Å². The van der Waals surface area contributed by atoms with Gasteiger partial charge in [0, 0.05) is 10.9 Å². The summed E-state index contributed by atoms with van der Waals surface area (Å²) in [5.74, 6) is -0.640. The molecule has 7 heteroatoms. The van der Waals surface area contributed by atoms with E-state index in [9.17, 15) is 9.60 Å². The topological polar surface area (TPSA) is 82.4 Å². The third-order valence-electron chi connectivity index (χ3n) is 2.39. The number of nitrogens with zero attached hydrogens (tertiary/aromatic N) is 2. The van der Waals surface area contributed by atoms with Crippen molar-refractivity contribution in [1.82, 2.24) is 0 Å². The molecular weight excluding hydrogens is 269 g/mol. The number of rotatable bonds is 3. The molecule has 98 valence electrons. The summed E-state index contributed by atoms with van der Waals surface area (Å²) in [4.78, 5) is 0.922. The molecule has 0 amide bonds. The zero-order chi connectivity index (χ0) is 14.0. The fourth-order valence-corrected chi connectivity index (χ4v) is 2.46.